The first-order valence-corrected chi connectivity index (χ1v) is 5.43. The molecule has 0 saturated carbocycles. The fourth-order valence-electron chi connectivity index (χ4n) is 1.56. The van der Waals surface area contributed by atoms with Crippen molar-refractivity contribution in [2.75, 3.05) is 26.3 Å². The number of nitrogens with zero attached hydrogens (tertiary/aromatic N) is 1. The van der Waals surface area contributed by atoms with E-state index in [-0.39, 0.29) is 18.8 Å². The van der Waals surface area contributed by atoms with E-state index in [1.165, 1.54) is 0 Å². The van der Waals surface area contributed by atoms with Crippen LogP contribution in [0.3, 0.4) is 0 Å². The topological polar surface area (TPSA) is 81.0 Å². The van der Waals surface area contributed by atoms with Crippen molar-refractivity contribution in [2.24, 2.45) is 0 Å². The van der Waals surface area contributed by atoms with E-state index in [1.54, 1.807) is 24.3 Å². The molecule has 5 heteroatoms. The summed E-state index contributed by atoms with van der Waals surface area (Å²) in [6.07, 6.45) is 0. The third-order valence-electron chi connectivity index (χ3n) is 2.44. The van der Waals surface area contributed by atoms with Gasteiger partial charge in [-0.2, -0.15) is 0 Å². The number of aliphatic hydroxyl groups excluding tert-OH is 2. The van der Waals surface area contributed by atoms with E-state index >= 15 is 0 Å². The van der Waals surface area contributed by atoms with Crippen LogP contribution in [-0.4, -0.2) is 52.5 Å². The predicted molar refractivity (Wildman–Crippen MR) is 62.8 cm³/mol. The van der Waals surface area contributed by atoms with Gasteiger partial charge >= 0.3 is 5.97 Å². The van der Waals surface area contributed by atoms with Crippen LogP contribution in [0.1, 0.15) is 15.9 Å². The first kappa shape index (κ1) is 13.6. The summed E-state index contributed by atoms with van der Waals surface area (Å²) in [5.74, 6) is -0.945. The van der Waals surface area contributed by atoms with Gasteiger partial charge in [0, 0.05) is 19.6 Å². The zero-order valence-electron chi connectivity index (χ0n) is 9.54. The first-order chi connectivity index (χ1) is 8.17. The Morgan fingerprint density at radius 3 is 2.00 bits per heavy atom. The van der Waals surface area contributed by atoms with E-state index < -0.39 is 5.97 Å². The molecule has 1 rings (SSSR count). The summed E-state index contributed by atoms with van der Waals surface area (Å²) in [5.41, 5.74) is 1.21. The summed E-state index contributed by atoms with van der Waals surface area (Å²) in [4.78, 5) is 12.6. The summed E-state index contributed by atoms with van der Waals surface area (Å²) < 4.78 is 0. The highest BCUT2D eigenvalue weighted by Crippen LogP contribution is 2.07. The van der Waals surface area contributed by atoms with Crippen molar-refractivity contribution in [1.82, 2.24) is 4.90 Å². The van der Waals surface area contributed by atoms with Crippen molar-refractivity contribution in [1.29, 1.82) is 0 Å². The van der Waals surface area contributed by atoms with Gasteiger partial charge in [-0.05, 0) is 17.7 Å². The number of aliphatic hydroxyl groups is 2. The molecule has 0 aliphatic carbocycles. The van der Waals surface area contributed by atoms with Gasteiger partial charge in [0.15, 0.2) is 0 Å². The Morgan fingerprint density at radius 2 is 1.59 bits per heavy atom. The number of carboxylic acid groups (broad SMARTS) is 1. The van der Waals surface area contributed by atoms with Crippen LogP contribution < -0.4 is 0 Å². The van der Waals surface area contributed by atoms with Gasteiger partial charge in [-0.1, -0.05) is 12.1 Å². The number of carboxylic acids is 1. The molecule has 0 bridgehead atoms. The molecule has 0 aliphatic rings. The molecule has 0 radical (unpaired) electrons. The molecular weight excluding hydrogens is 222 g/mol. The maximum absolute atomic E-state index is 10.7. The van der Waals surface area contributed by atoms with E-state index in [4.69, 9.17) is 15.3 Å². The van der Waals surface area contributed by atoms with Crippen LogP contribution in [0.25, 0.3) is 0 Å². The maximum Gasteiger partial charge on any atom is 0.335 e. The highest BCUT2D eigenvalue weighted by molar-refractivity contribution is 5.87. The SMILES string of the molecule is O=C(O)c1ccc(CN(CCO)CCO)cc1. The summed E-state index contributed by atoms with van der Waals surface area (Å²) in [6.45, 7) is 1.63. The van der Waals surface area contributed by atoms with Crippen LogP contribution in [0, 0.1) is 0 Å². The molecule has 5 nitrogen and oxygen atoms in total. The third kappa shape index (κ3) is 4.52. The molecule has 0 unspecified atom stereocenters. The van der Waals surface area contributed by atoms with E-state index in [9.17, 15) is 4.79 Å². The van der Waals surface area contributed by atoms with Crippen molar-refractivity contribution in [2.45, 2.75) is 6.54 Å². The molecule has 0 aromatic heterocycles. The van der Waals surface area contributed by atoms with E-state index in [0.29, 0.717) is 19.6 Å². The van der Waals surface area contributed by atoms with Gasteiger partial charge in [0.25, 0.3) is 0 Å². The normalized spacial score (nSPS) is 10.8. The molecule has 0 spiro atoms. The minimum absolute atomic E-state index is 0.0349. The molecule has 17 heavy (non-hydrogen) atoms. The lowest BCUT2D eigenvalue weighted by molar-refractivity contribution is 0.0697. The fourth-order valence-corrected chi connectivity index (χ4v) is 1.56. The van der Waals surface area contributed by atoms with E-state index in [1.807, 2.05) is 4.90 Å². The highest BCUT2D eigenvalue weighted by atomic mass is 16.4. The smallest absolute Gasteiger partial charge is 0.335 e. The monoisotopic (exact) mass is 239 g/mol. The number of hydrogen-bond donors (Lipinski definition) is 3. The second kappa shape index (κ2) is 7.01. The van der Waals surface area contributed by atoms with Gasteiger partial charge in [0.2, 0.25) is 0 Å². The Morgan fingerprint density at radius 1 is 1.06 bits per heavy atom. The average molecular weight is 239 g/mol. The zero-order valence-corrected chi connectivity index (χ0v) is 9.54. The summed E-state index contributed by atoms with van der Waals surface area (Å²) in [7, 11) is 0. The maximum atomic E-state index is 10.7. The van der Waals surface area contributed by atoms with Gasteiger partial charge in [0.05, 0.1) is 18.8 Å². The summed E-state index contributed by atoms with van der Waals surface area (Å²) in [5, 5.41) is 26.5. The van der Waals surface area contributed by atoms with Crippen LogP contribution >= 0.6 is 0 Å². The van der Waals surface area contributed by atoms with Crippen molar-refractivity contribution in [3.8, 4) is 0 Å². The first-order valence-electron chi connectivity index (χ1n) is 5.43. The number of hydrogen-bond acceptors (Lipinski definition) is 4. The highest BCUT2D eigenvalue weighted by Gasteiger charge is 2.06. The number of aromatic carboxylic acids is 1. The Balaban J connectivity index is 2.62. The Kier molecular flexibility index (Phi) is 5.62. The zero-order chi connectivity index (χ0) is 12.7. The number of rotatable bonds is 7. The van der Waals surface area contributed by atoms with Gasteiger partial charge < -0.3 is 15.3 Å². The van der Waals surface area contributed by atoms with Crippen molar-refractivity contribution in [3.05, 3.63) is 35.4 Å². The number of benzene rings is 1. The van der Waals surface area contributed by atoms with Crippen molar-refractivity contribution >= 4 is 5.97 Å². The molecule has 0 amide bonds. The molecule has 3 N–H and O–H groups in total. The minimum atomic E-state index is -0.945. The lowest BCUT2D eigenvalue weighted by Crippen LogP contribution is -2.29. The van der Waals surface area contributed by atoms with Gasteiger partial charge in [-0.15, -0.1) is 0 Å². The molecule has 94 valence electrons. The molecule has 0 aliphatic heterocycles. The van der Waals surface area contributed by atoms with Crippen molar-refractivity contribution < 1.29 is 20.1 Å². The molecular formula is C12H17NO4. The minimum Gasteiger partial charge on any atom is -0.478 e. The number of carbonyl (C=O) groups is 1. The molecule has 0 fully saturated rings. The Hall–Kier alpha value is -1.43. The van der Waals surface area contributed by atoms with E-state index in [2.05, 4.69) is 0 Å². The van der Waals surface area contributed by atoms with Crippen LogP contribution in [0.15, 0.2) is 24.3 Å². The van der Waals surface area contributed by atoms with Crippen LogP contribution in [0.2, 0.25) is 0 Å². The fraction of sp³-hybridized carbons (Fsp3) is 0.417. The average Bonchev–Trinajstić information content (AvgIpc) is 2.30. The van der Waals surface area contributed by atoms with Crippen molar-refractivity contribution in [3.63, 3.8) is 0 Å². The molecule has 0 saturated heterocycles. The lowest BCUT2D eigenvalue weighted by atomic mass is 10.1. The van der Waals surface area contributed by atoms with Gasteiger partial charge in [-0.25, -0.2) is 4.79 Å². The molecule has 0 atom stereocenters. The lowest BCUT2D eigenvalue weighted by Gasteiger charge is -2.20. The standard InChI is InChI=1S/C12H17NO4/c14-7-5-13(6-8-15)9-10-1-3-11(4-2-10)12(16)17/h1-4,14-15H,5-9H2,(H,16,17). The van der Waals surface area contributed by atoms with Crippen LogP contribution in [0.5, 0.6) is 0 Å². The van der Waals surface area contributed by atoms with Crippen LogP contribution in [-0.2, 0) is 6.54 Å². The molecule has 1 aromatic rings. The Labute approximate surface area is 99.9 Å². The summed E-state index contributed by atoms with van der Waals surface area (Å²) >= 11 is 0. The van der Waals surface area contributed by atoms with Crippen LogP contribution in [0.4, 0.5) is 0 Å². The second-order valence-corrected chi connectivity index (χ2v) is 3.73. The van der Waals surface area contributed by atoms with E-state index in [0.717, 1.165) is 5.56 Å². The van der Waals surface area contributed by atoms with Gasteiger partial charge in [-0.3, -0.25) is 4.90 Å². The largest absolute Gasteiger partial charge is 0.478 e. The quantitative estimate of drug-likeness (QED) is 0.632. The predicted octanol–water partition coefficient (Wildman–Crippen LogP) is 0.171. The summed E-state index contributed by atoms with van der Waals surface area (Å²) in [6, 6.07) is 6.58. The van der Waals surface area contributed by atoms with Gasteiger partial charge in [0.1, 0.15) is 0 Å². The Bertz CT molecular complexity index is 344. The second-order valence-electron chi connectivity index (χ2n) is 3.73. The third-order valence-corrected chi connectivity index (χ3v) is 2.44. The molecule has 0 heterocycles. The molecule has 1 aromatic carbocycles.